The second-order valence-electron chi connectivity index (χ2n) is 7.89. The molecule has 30 heavy (non-hydrogen) atoms. The van der Waals surface area contributed by atoms with E-state index in [1.807, 2.05) is 12.1 Å². The van der Waals surface area contributed by atoms with E-state index >= 15 is 0 Å². The number of thiophene rings is 1. The second kappa shape index (κ2) is 9.06. The summed E-state index contributed by atoms with van der Waals surface area (Å²) in [5.41, 5.74) is 2.70. The number of piperazine rings is 1. The van der Waals surface area contributed by atoms with Crippen LogP contribution >= 0.6 is 11.3 Å². The van der Waals surface area contributed by atoms with Crippen LogP contribution in [0.4, 0.5) is 10.7 Å². The number of amides is 1. The summed E-state index contributed by atoms with van der Waals surface area (Å²) in [6.45, 7) is 3.81. The summed E-state index contributed by atoms with van der Waals surface area (Å²) in [6, 6.07) is 7.23. The Morgan fingerprint density at radius 1 is 1.17 bits per heavy atom. The molecule has 7 nitrogen and oxygen atoms in total. The molecule has 1 saturated heterocycles. The molecule has 8 heteroatoms. The lowest BCUT2D eigenvalue weighted by atomic mass is 9.95. The van der Waals surface area contributed by atoms with Crippen molar-refractivity contribution in [1.82, 2.24) is 0 Å². The number of phenolic OH excluding ortho intramolecular Hbond substituents is 1. The number of nitrogens with one attached hydrogen (secondary N) is 2. The molecule has 2 heterocycles. The van der Waals surface area contributed by atoms with Gasteiger partial charge in [-0.05, 0) is 55.5 Å². The number of aryl methyl sites for hydroxylation is 1. The summed E-state index contributed by atoms with van der Waals surface area (Å²) in [5, 5.41) is 13.1. The molecule has 160 valence electrons. The van der Waals surface area contributed by atoms with Gasteiger partial charge in [0, 0.05) is 10.6 Å². The molecule has 1 fully saturated rings. The summed E-state index contributed by atoms with van der Waals surface area (Å²) >= 11 is 1.52. The van der Waals surface area contributed by atoms with Crippen molar-refractivity contribution in [2.45, 2.75) is 25.7 Å². The first-order chi connectivity index (χ1) is 14.5. The molecular formula is C22H28N3O4S+. The van der Waals surface area contributed by atoms with Gasteiger partial charge >= 0.3 is 5.97 Å². The maximum absolute atomic E-state index is 12.7. The smallest absolute Gasteiger partial charge is 0.341 e. The molecule has 3 N–H and O–H groups in total. The predicted octanol–water partition coefficient (Wildman–Crippen LogP) is 1.46. The zero-order valence-electron chi connectivity index (χ0n) is 17.2. The van der Waals surface area contributed by atoms with Gasteiger partial charge in [0.2, 0.25) is 0 Å². The molecule has 0 atom stereocenters. The molecule has 1 aromatic heterocycles. The number of methoxy groups -OCH3 is 1. The maximum Gasteiger partial charge on any atom is 0.341 e. The monoisotopic (exact) mass is 430 g/mol. The summed E-state index contributed by atoms with van der Waals surface area (Å²) in [7, 11) is 1.39. The first-order valence-corrected chi connectivity index (χ1v) is 11.3. The maximum atomic E-state index is 12.7. The highest BCUT2D eigenvalue weighted by atomic mass is 32.1. The minimum atomic E-state index is -0.362. The minimum Gasteiger partial charge on any atom is -0.508 e. The Hall–Kier alpha value is -2.58. The van der Waals surface area contributed by atoms with Gasteiger partial charge in [-0.15, -0.1) is 11.3 Å². The molecule has 0 bridgehead atoms. The topological polar surface area (TPSA) is 83.3 Å². The lowest BCUT2D eigenvalue weighted by molar-refractivity contribution is -0.892. The number of carbonyl (C=O) groups is 2. The van der Waals surface area contributed by atoms with E-state index in [9.17, 15) is 14.7 Å². The molecule has 0 unspecified atom stereocenters. The largest absolute Gasteiger partial charge is 0.508 e. The molecule has 1 aromatic carbocycles. The zero-order valence-corrected chi connectivity index (χ0v) is 18.0. The number of anilines is 2. The molecule has 4 rings (SSSR count). The fraction of sp³-hybridized carbons (Fsp3) is 0.455. The summed E-state index contributed by atoms with van der Waals surface area (Å²) in [4.78, 5) is 29.8. The van der Waals surface area contributed by atoms with Gasteiger partial charge in [0.05, 0.1) is 38.9 Å². The highest BCUT2D eigenvalue weighted by Crippen LogP contribution is 2.38. The Labute approximate surface area is 180 Å². The van der Waals surface area contributed by atoms with Crippen molar-refractivity contribution in [1.29, 1.82) is 0 Å². The number of nitrogens with zero attached hydrogens (tertiary/aromatic N) is 1. The molecule has 1 aliphatic heterocycles. The van der Waals surface area contributed by atoms with Crippen LogP contribution in [0.1, 0.15) is 33.6 Å². The molecule has 1 aliphatic carbocycles. The number of quaternary nitrogens is 1. The van der Waals surface area contributed by atoms with Crippen molar-refractivity contribution >= 4 is 33.9 Å². The van der Waals surface area contributed by atoms with E-state index in [4.69, 9.17) is 4.74 Å². The zero-order chi connectivity index (χ0) is 21.1. The van der Waals surface area contributed by atoms with E-state index in [0.29, 0.717) is 17.1 Å². The van der Waals surface area contributed by atoms with Crippen molar-refractivity contribution in [2.24, 2.45) is 0 Å². The number of rotatable bonds is 5. The van der Waals surface area contributed by atoms with Crippen LogP contribution < -0.4 is 15.1 Å². The van der Waals surface area contributed by atoms with Gasteiger partial charge in [-0.1, -0.05) is 0 Å². The van der Waals surface area contributed by atoms with Gasteiger partial charge in [-0.3, -0.25) is 4.79 Å². The predicted molar refractivity (Wildman–Crippen MR) is 117 cm³/mol. The van der Waals surface area contributed by atoms with Crippen LogP contribution in [0.25, 0.3) is 0 Å². The SMILES string of the molecule is COC(=O)c1c(NC(=O)C[NH+]2CCN(c3ccc(O)cc3)CC2)sc2c1CCCC2. The van der Waals surface area contributed by atoms with Gasteiger partial charge in [-0.25, -0.2) is 4.79 Å². The van der Waals surface area contributed by atoms with Gasteiger partial charge < -0.3 is 25.0 Å². The number of carbonyl (C=O) groups excluding carboxylic acids is 2. The van der Waals surface area contributed by atoms with Crippen LogP contribution in [0.5, 0.6) is 5.75 Å². The van der Waals surface area contributed by atoms with Crippen molar-refractivity contribution < 1.29 is 24.3 Å². The molecule has 0 radical (unpaired) electrons. The number of phenols is 1. The average Bonchev–Trinajstić information content (AvgIpc) is 3.12. The number of aromatic hydroxyl groups is 1. The lowest BCUT2D eigenvalue weighted by Gasteiger charge is -2.33. The standard InChI is InChI=1S/C22H27N3O4S/c1-29-22(28)20-17-4-2-3-5-18(17)30-21(20)23-19(27)14-24-10-12-25(13-11-24)15-6-8-16(26)9-7-15/h6-9,26H,2-5,10-14H2,1H3,(H,23,27)/p+1. The van der Waals surface area contributed by atoms with Crippen molar-refractivity contribution in [2.75, 3.05) is 50.1 Å². The normalized spacial score (nSPS) is 16.8. The fourth-order valence-corrected chi connectivity index (χ4v) is 5.58. The van der Waals surface area contributed by atoms with Gasteiger partial charge in [0.1, 0.15) is 10.8 Å². The number of fused-ring (bicyclic) bond motifs is 1. The van der Waals surface area contributed by atoms with E-state index in [0.717, 1.165) is 63.1 Å². The fourth-order valence-electron chi connectivity index (χ4n) is 4.29. The lowest BCUT2D eigenvalue weighted by Crippen LogP contribution is -3.15. The number of benzene rings is 1. The average molecular weight is 431 g/mol. The highest BCUT2D eigenvalue weighted by molar-refractivity contribution is 7.17. The number of hydrogen-bond acceptors (Lipinski definition) is 6. The van der Waals surface area contributed by atoms with E-state index in [2.05, 4.69) is 10.2 Å². The van der Waals surface area contributed by atoms with Crippen molar-refractivity contribution in [3.8, 4) is 5.75 Å². The minimum absolute atomic E-state index is 0.0631. The Morgan fingerprint density at radius 3 is 2.57 bits per heavy atom. The van der Waals surface area contributed by atoms with Gasteiger partial charge in [-0.2, -0.15) is 0 Å². The third-order valence-corrected chi connectivity index (χ3v) is 7.12. The summed E-state index contributed by atoms with van der Waals surface area (Å²) < 4.78 is 4.98. The van der Waals surface area contributed by atoms with Crippen LogP contribution in [0.2, 0.25) is 0 Å². The molecule has 2 aliphatic rings. The van der Waals surface area contributed by atoms with Crippen molar-refractivity contribution in [3.63, 3.8) is 0 Å². The van der Waals surface area contributed by atoms with Crippen LogP contribution in [0.15, 0.2) is 24.3 Å². The molecular weight excluding hydrogens is 402 g/mol. The Balaban J connectivity index is 1.36. The Morgan fingerprint density at radius 2 is 1.87 bits per heavy atom. The summed E-state index contributed by atoms with van der Waals surface area (Å²) in [5.74, 6) is -0.160. The van der Waals surface area contributed by atoms with E-state index in [1.165, 1.54) is 28.2 Å². The Kier molecular flexibility index (Phi) is 6.24. The Bertz CT molecular complexity index is 917. The first-order valence-electron chi connectivity index (χ1n) is 10.5. The third-order valence-electron chi connectivity index (χ3n) is 5.91. The molecule has 2 aromatic rings. The van der Waals surface area contributed by atoms with E-state index < -0.39 is 0 Å². The quantitative estimate of drug-likeness (QED) is 0.626. The van der Waals surface area contributed by atoms with Gasteiger partial charge in [0.25, 0.3) is 5.91 Å². The van der Waals surface area contributed by atoms with E-state index in [-0.39, 0.29) is 17.6 Å². The van der Waals surface area contributed by atoms with E-state index in [1.54, 1.807) is 12.1 Å². The van der Waals surface area contributed by atoms with Gasteiger partial charge in [0.15, 0.2) is 6.54 Å². The van der Waals surface area contributed by atoms with Crippen molar-refractivity contribution in [3.05, 3.63) is 40.3 Å². The van der Waals surface area contributed by atoms with Crippen LogP contribution in [-0.2, 0) is 22.4 Å². The second-order valence-corrected chi connectivity index (χ2v) is 8.99. The third kappa shape index (κ3) is 4.44. The molecule has 0 spiro atoms. The number of esters is 1. The van der Waals surface area contributed by atoms with Crippen LogP contribution in [0.3, 0.4) is 0 Å². The van der Waals surface area contributed by atoms with Crippen LogP contribution in [-0.4, -0.2) is 56.8 Å². The summed E-state index contributed by atoms with van der Waals surface area (Å²) in [6.07, 6.45) is 4.02. The molecule has 1 amide bonds. The number of hydrogen-bond donors (Lipinski definition) is 3. The first kappa shape index (κ1) is 20.7. The highest BCUT2D eigenvalue weighted by Gasteiger charge is 2.28. The molecule has 0 saturated carbocycles. The van der Waals surface area contributed by atoms with Crippen LogP contribution in [0, 0.1) is 0 Å². The number of ether oxygens (including phenoxy) is 1.